The largest absolute Gasteiger partial charge is 0.378 e. The van der Waals surface area contributed by atoms with Gasteiger partial charge in [-0.3, -0.25) is 9.89 Å². The molecule has 0 bridgehead atoms. The average Bonchev–Trinajstić information content (AvgIpc) is 2.95. The Hall–Kier alpha value is -3.59. The molecule has 0 aliphatic heterocycles. The average molecular weight is 345 g/mol. The summed E-state index contributed by atoms with van der Waals surface area (Å²) in [6.07, 6.45) is 0. The fourth-order valence-electron chi connectivity index (χ4n) is 2.68. The Labute approximate surface area is 151 Å². The summed E-state index contributed by atoms with van der Waals surface area (Å²) >= 11 is 0. The predicted molar refractivity (Wildman–Crippen MR) is 104 cm³/mol. The first-order chi connectivity index (χ1) is 12.5. The number of aliphatic imine (C=N–C) groups is 1. The second-order valence-corrected chi connectivity index (χ2v) is 6.07. The van der Waals surface area contributed by atoms with Crippen molar-refractivity contribution in [1.82, 2.24) is 9.78 Å². The lowest BCUT2D eigenvalue weighted by Crippen LogP contribution is -2.20. The Morgan fingerprint density at radius 3 is 2.35 bits per heavy atom. The zero-order chi connectivity index (χ0) is 18.7. The van der Waals surface area contributed by atoms with Crippen LogP contribution in [0.25, 0.3) is 5.69 Å². The number of hydrogen-bond acceptors (Lipinski definition) is 4. The first-order valence-corrected chi connectivity index (χ1v) is 8.15. The Morgan fingerprint density at radius 1 is 1.12 bits per heavy atom. The number of nitriles is 1. The molecule has 0 saturated heterocycles. The van der Waals surface area contributed by atoms with Crippen molar-refractivity contribution < 1.29 is 0 Å². The summed E-state index contributed by atoms with van der Waals surface area (Å²) in [7, 11) is 3.91. The molecule has 130 valence electrons. The summed E-state index contributed by atoms with van der Waals surface area (Å²) in [5.41, 5.74) is 3.05. The van der Waals surface area contributed by atoms with Gasteiger partial charge in [-0.1, -0.05) is 18.2 Å². The number of benzene rings is 2. The van der Waals surface area contributed by atoms with Gasteiger partial charge in [-0.05, 0) is 43.3 Å². The van der Waals surface area contributed by atoms with Gasteiger partial charge in [0.05, 0.1) is 16.9 Å². The molecular formula is C20H19N5O. The van der Waals surface area contributed by atoms with Crippen molar-refractivity contribution in [3.8, 4) is 11.8 Å². The molecule has 0 atom stereocenters. The number of nitrogens with zero attached hydrogens (tertiary/aromatic N) is 4. The van der Waals surface area contributed by atoms with E-state index in [1.165, 1.54) is 4.68 Å². The predicted octanol–water partition coefficient (Wildman–Crippen LogP) is 3.18. The molecule has 6 heteroatoms. The molecule has 0 spiro atoms. The molecule has 1 heterocycles. The summed E-state index contributed by atoms with van der Waals surface area (Å²) in [6, 6.07) is 18.8. The number of rotatable bonds is 4. The molecule has 26 heavy (non-hydrogen) atoms. The molecule has 3 aromatic rings. The zero-order valence-electron chi connectivity index (χ0n) is 14.9. The maximum atomic E-state index is 12.8. The van der Waals surface area contributed by atoms with Gasteiger partial charge in [0.15, 0.2) is 5.71 Å². The van der Waals surface area contributed by atoms with E-state index in [-0.39, 0.29) is 16.8 Å². The van der Waals surface area contributed by atoms with Crippen molar-refractivity contribution in [3.63, 3.8) is 0 Å². The van der Waals surface area contributed by atoms with Crippen LogP contribution in [0.2, 0.25) is 0 Å². The van der Waals surface area contributed by atoms with E-state index in [4.69, 9.17) is 0 Å². The monoisotopic (exact) mass is 345 g/mol. The minimum Gasteiger partial charge on any atom is -0.378 e. The van der Waals surface area contributed by atoms with Crippen molar-refractivity contribution in [3.05, 3.63) is 76.2 Å². The number of anilines is 1. The minimum absolute atomic E-state index is 0.0936. The number of para-hydroxylation sites is 1. The molecule has 0 aliphatic rings. The van der Waals surface area contributed by atoms with E-state index in [0.717, 1.165) is 5.69 Å². The Balaban J connectivity index is 2.05. The lowest BCUT2D eigenvalue weighted by molar-refractivity contribution is 0.835. The van der Waals surface area contributed by atoms with Crippen molar-refractivity contribution in [1.29, 1.82) is 5.26 Å². The normalized spacial score (nSPS) is 11.2. The zero-order valence-corrected chi connectivity index (χ0v) is 14.9. The van der Waals surface area contributed by atoms with Crippen LogP contribution in [0.3, 0.4) is 0 Å². The van der Waals surface area contributed by atoms with Crippen LogP contribution in [0, 0.1) is 18.3 Å². The van der Waals surface area contributed by atoms with Gasteiger partial charge in [0.1, 0.15) is 6.07 Å². The molecule has 0 radical (unpaired) electrons. The standard InChI is InChI=1S/C20H19N5O/c1-14-19(20(26)25(23-14)17-7-5-4-6-8-17)18(13-21)22-15-9-11-16(12-10-15)24(2)3/h4-12,23H,1-3H3. The van der Waals surface area contributed by atoms with Gasteiger partial charge >= 0.3 is 0 Å². The Kier molecular flexibility index (Phi) is 4.72. The molecule has 0 amide bonds. The minimum atomic E-state index is -0.293. The second kappa shape index (κ2) is 7.11. The highest BCUT2D eigenvalue weighted by Gasteiger charge is 2.17. The number of aromatic amines is 1. The van der Waals surface area contributed by atoms with E-state index >= 15 is 0 Å². The van der Waals surface area contributed by atoms with Crippen LogP contribution in [-0.2, 0) is 0 Å². The lowest BCUT2D eigenvalue weighted by Gasteiger charge is -2.11. The van der Waals surface area contributed by atoms with Crippen LogP contribution >= 0.6 is 0 Å². The van der Waals surface area contributed by atoms with E-state index in [2.05, 4.69) is 16.2 Å². The van der Waals surface area contributed by atoms with Crippen molar-refractivity contribution in [2.45, 2.75) is 6.92 Å². The third-order valence-electron chi connectivity index (χ3n) is 4.04. The molecule has 1 aromatic heterocycles. The van der Waals surface area contributed by atoms with Gasteiger partial charge in [-0.2, -0.15) is 5.26 Å². The van der Waals surface area contributed by atoms with Crippen LogP contribution in [0.1, 0.15) is 11.3 Å². The Bertz CT molecular complexity index is 1030. The third-order valence-corrected chi connectivity index (χ3v) is 4.04. The third kappa shape index (κ3) is 3.28. The van der Waals surface area contributed by atoms with Crippen molar-refractivity contribution in [2.24, 2.45) is 4.99 Å². The fraction of sp³-hybridized carbons (Fsp3) is 0.150. The maximum Gasteiger partial charge on any atom is 0.281 e. The van der Waals surface area contributed by atoms with Gasteiger partial charge < -0.3 is 4.90 Å². The number of aryl methyl sites for hydroxylation is 1. The molecular weight excluding hydrogens is 326 g/mol. The summed E-state index contributed by atoms with van der Waals surface area (Å²) in [4.78, 5) is 19.2. The topological polar surface area (TPSA) is 77.2 Å². The van der Waals surface area contributed by atoms with Crippen LogP contribution in [-0.4, -0.2) is 29.6 Å². The summed E-state index contributed by atoms with van der Waals surface area (Å²) in [5, 5.41) is 12.6. The van der Waals surface area contributed by atoms with Gasteiger partial charge in [0, 0.05) is 25.5 Å². The van der Waals surface area contributed by atoms with E-state index in [9.17, 15) is 10.1 Å². The van der Waals surface area contributed by atoms with Crippen LogP contribution in [0.15, 0.2) is 64.4 Å². The number of H-pyrrole nitrogens is 1. The van der Waals surface area contributed by atoms with Gasteiger partial charge in [-0.25, -0.2) is 9.67 Å². The highest BCUT2D eigenvalue weighted by Crippen LogP contribution is 2.19. The summed E-state index contributed by atoms with van der Waals surface area (Å²) < 4.78 is 1.42. The second-order valence-electron chi connectivity index (χ2n) is 6.07. The quantitative estimate of drug-likeness (QED) is 0.738. The molecule has 1 N–H and O–H groups in total. The molecule has 3 rings (SSSR count). The highest BCUT2D eigenvalue weighted by atomic mass is 16.1. The van der Waals surface area contributed by atoms with E-state index < -0.39 is 0 Å². The molecule has 0 fully saturated rings. The SMILES string of the molecule is Cc1[nH]n(-c2ccccc2)c(=O)c1C(C#N)=Nc1ccc(N(C)C)cc1. The first-order valence-electron chi connectivity index (χ1n) is 8.15. The fourth-order valence-corrected chi connectivity index (χ4v) is 2.68. The number of nitrogens with one attached hydrogen (secondary N) is 1. The molecule has 2 aromatic carbocycles. The lowest BCUT2D eigenvalue weighted by atomic mass is 10.1. The maximum absolute atomic E-state index is 12.8. The molecule has 0 unspecified atom stereocenters. The number of aromatic nitrogens is 2. The summed E-state index contributed by atoms with van der Waals surface area (Å²) in [5.74, 6) is 0. The van der Waals surface area contributed by atoms with Crippen LogP contribution in [0.4, 0.5) is 11.4 Å². The highest BCUT2D eigenvalue weighted by molar-refractivity contribution is 6.13. The molecule has 6 nitrogen and oxygen atoms in total. The van der Waals surface area contributed by atoms with Gasteiger partial charge in [0.25, 0.3) is 5.56 Å². The molecule has 0 saturated carbocycles. The van der Waals surface area contributed by atoms with Gasteiger partial charge in [0.2, 0.25) is 0 Å². The van der Waals surface area contributed by atoms with Crippen molar-refractivity contribution in [2.75, 3.05) is 19.0 Å². The smallest absolute Gasteiger partial charge is 0.281 e. The van der Waals surface area contributed by atoms with E-state index in [0.29, 0.717) is 17.1 Å². The van der Waals surface area contributed by atoms with Crippen LogP contribution < -0.4 is 10.5 Å². The van der Waals surface area contributed by atoms with Gasteiger partial charge in [-0.15, -0.1) is 0 Å². The van der Waals surface area contributed by atoms with E-state index in [1.54, 1.807) is 6.92 Å². The van der Waals surface area contributed by atoms with Crippen LogP contribution in [0.5, 0.6) is 0 Å². The van der Waals surface area contributed by atoms with E-state index in [1.807, 2.05) is 73.6 Å². The first kappa shape index (κ1) is 17.2. The van der Waals surface area contributed by atoms with Crippen molar-refractivity contribution >= 4 is 17.1 Å². The molecule has 0 aliphatic carbocycles. The number of hydrogen-bond donors (Lipinski definition) is 1. The Morgan fingerprint density at radius 2 is 1.77 bits per heavy atom. The summed E-state index contributed by atoms with van der Waals surface area (Å²) in [6.45, 7) is 1.76.